The Bertz CT molecular complexity index is 361. The summed E-state index contributed by atoms with van der Waals surface area (Å²) in [6, 6.07) is 0.211. The minimum Gasteiger partial charge on any atom is -0.448 e. The Balaban J connectivity index is 2.17. The fourth-order valence-electron chi connectivity index (χ4n) is 1.79. The van der Waals surface area contributed by atoms with Crippen molar-refractivity contribution in [3.05, 3.63) is 17.8 Å². The molecule has 1 aliphatic rings. The number of aromatic nitrogens is 1. The van der Waals surface area contributed by atoms with E-state index in [0.717, 1.165) is 19.6 Å². The van der Waals surface area contributed by atoms with E-state index in [0.29, 0.717) is 11.5 Å². The quantitative estimate of drug-likeness (QED) is 0.728. The first kappa shape index (κ1) is 10.2. The highest BCUT2D eigenvalue weighted by Gasteiger charge is 2.26. The van der Waals surface area contributed by atoms with Crippen LogP contribution in [0.4, 0.5) is 0 Å². The smallest absolute Gasteiger partial charge is 0.276 e. The van der Waals surface area contributed by atoms with Gasteiger partial charge < -0.3 is 14.6 Å². The maximum absolute atomic E-state index is 12.1. The minimum atomic E-state index is -0.0322. The third-order valence-electron chi connectivity index (χ3n) is 2.71. The SMILES string of the molecule is Cc1ocnc1C(=O)N1CCNC[C@@H]1C. The average molecular weight is 209 g/mol. The summed E-state index contributed by atoms with van der Waals surface area (Å²) in [6.45, 7) is 6.19. The molecule has 0 aliphatic carbocycles. The second-order valence-electron chi connectivity index (χ2n) is 3.81. The summed E-state index contributed by atoms with van der Waals surface area (Å²) in [6.07, 6.45) is 1.31. The molecule has 5 heteroatoms. The molecule has 15 heavy (non-hydrogen) atoms. The number of rotatable bonds is 1. The second kappa shape index (κ2) is 4.02. The van der Waals surface area contributed by atoms with Crippen LogP contribution in [0.1, 0.15) is 23.2 Å². The Kier molecular flexibility index (Phi) is 2.73. The van der Waals surface area contributed by atoms with Crippen molar-refractivity contribution in [1.82, 2.24) is 15.2 Å². The Morgan fingerprint density at radius 3 is 3.13 bits per heavy atom. The fourth-order valence-corrected chi connectivity index (χ4v) is 1.79. The lowest BCUT2D eigenvalue weighted by molar-refractivity contribution is 0.0648. The lowest BCUT2D eigenvalue weighted by atomic mass is 10.2. The molecule has 1 atom stereocenters. The molecule has 1 saturated heterocycles. The molecule has 0 radical (unpaired) electrons. The molecule has 0 saturated carbocycles. The fraction of sp³-hybridized carbons (Fsp3) is 0.600. The Hall–Kier alpha value is -1.36. The van der Waals surface area contributed by atoms with Crippen LogP contribution in [0.5, 0.6) is 0 Å². The molecule has 5 nitrogen and oxygen atoms in total. The third-order valence-corrected chi connectivity index (χ3v) is 2.71. The molecule has 1 aliphatic heterocycles. The third kappa shape index (κ3) is 1.87. The normalized spacial score (nSPS) is 21.7. The lowest BCUT2D eigenvalue weighted by Crippen LogP contribution is -2.52. The summed E-state index contributed by atoms with van der Waals surface area (Å²) < 4.78 is 5.04. The Morgan fingerprint density at radius 1 is 1.73 bits per heavy atom. The molecule has 0 bridgehead atoms. The van der Waals surface area contributed by atoms with Gasteiger partial charge in [0.05, 0.1) is 0 Å². The van der Waals surface area contributed by atoms with Crippen molar-refractivity contribution in [2.75, 3.05) is 19.6 Å². The van der Waals surface area contributed by atoms with Crippen molar-refractivity contribution in [2.45, 2.75) is 19.9 Å². The number of oxazole rings is 1. The standard InChI is InChI=1S/C10H15N3O2/c1-7-5-11-3-4-13(7)10(14)9-8(2)15-6-12-9/h6-7,11H,3-5H2,1-2H3/t7-/m0/s1. The summed E-state index contributed by atoms with van der Waals surface area (Å²) in [4.78, 5) is 17.8. The molecule has 1 aromatic heterocycles. The molecular weight excluding hydrogens is 194 g/mol. The number of nitrogens with zero attached hydrogens (tertiary/aromatic N) is 2. The van der Waals surface area contributed by atoms with E-state index < -0.39 is 0 Å². The van der Waals surface area contributed by atoms with E-state index in [2.05, 4.69) is 10.3 Å². The van der Waals surface area contributed by atoms with E-state index in [1.807, 2.05) is 11.8 Å². The first-order valence-corrected chi connectivity index (χ1v) is 5.12. The predicted octanol–water partition coefficient (Wildman–Crippen LogP) is 0.417. The maximum atomic E-state index is 12.1. The number of carbonyl (C=O) groups excluding carboxylic acids is 1. The van der Waals surface area contributed by atoms with Gasteiger partial charge in [-0.2, -0.15) is 0 Å². The number of amides is 1. The molecule has 2 rings (SSSR count). The van der Waals surface area contributed by atoms with Crippen LogP contribution in [0.15, 0.2) is 10.8 Å². The van der Waals surface area contributed by atoms with Crippen LogP contribution in [-0.2, 0) is 0 Å². The van der Waals surface area contributed by atoms with E-state index in [9.17, 15) is 4.79 Å². The largest absolute Gasteiger partial charge is 0.448 e. The van der Waals surface area contributed by atoms with E-state index in [1.165, 1.54) is 6.39 Å². The molecule has 1 aromatic rings. The molecular formula is C10H15N3O2. The van der Waals surface area contributed by atoms with E-state index >= 15 is 0 Å². The molecule has 1 amide bonds. The number of piperazine rings is 1. The first-order chi connectivity index (χ1) is 7.20. The Labute approximate surface area is 88.5 Å². The summed E-state index contributed by atoms with van der Waals surface area (Å²) in [7, 11) is 0. The number of hydrogen-bond acceptors (Lipinski definition) is 4. The highest BCUT2D eigenvalue weighted by atomic mass is 16.3. The highest BCUT2D eigenvalue weighted by Crippen LogP contribution is 2.12. The van der Waals surface area contributed by atoms with Crippen molar-refractivity contribution in [3.8, 4) is 0 Å². The predicted molar refractivity (Wildman–Crippen MR) is 54.6 cm³/mol. The number of aryl methyl sites for hydroxylation is 1. The number of nitrogens with one attached hydrogen (secondary N) is 1. The van der Waals surface area contributed by atoms with Crippen molar-refractivity contribution in [1.29, 1.82) is 0 Å². The van der Waals surface area contributed by atoms with Crippen molar-refractivity contribution in [3.63, 3.8) is 0 Å². The number of carbonyl (C=O) groups is 1. The van der Waals surface area contributed by atoms with E-state index in [1.54, 1.807) is 6.92 Å². The van der Waals surface area contributed by atoms with E-state index in [4.69, 9.17) is 4.42 Å². The van der Waals surface area contributed by atoms with Crippen LogP contribution in [0.2, 0.25) is 0 Å². The summed E-state index contributed by atoms with van der Waals surface area (Å²) in [5, 5.41) is 3.24. The maximum Gasteiger partial charge on any atom is 0.276 e. The van der Waals surface area contributed by atoms with Gasteiger partial charge in [-0.3, -0.25) is 4.79 Å². The molecule has 0 aromatic carbocycles. The van der Waals surface area contributed by atoms with Gasteiger partial charge in [0, 0.05) is 25.7 Å². The van der Waals surface area contributed by atoms with Gasteiger partial charge in [0.25, 0.3) is 5.91 Å². The van der Waals surface area contributed by atoms with Gasteiger partial charge in [-0.25, -0.2) is 4.98 Å². The Morgan fingerprint density at radius 2 is 2.53 bits per heavy atom. The summed E-state index contributed by atoms with van der Waals surface area (Å²) >= 11 is 0. The van der Waals surface area contributed by atoms with Crippen LogP contribution < -0.4 is 5.32 Å². The van der Waals surface area contributed by atoms with Gasteiger partial charge in [-0.1, -0.05) is 0 Å². The molecule has 0 spiro atoms. The molecule has 0 unspecified atom stereocenters. The van der Waals surface area contributed by atoms with Crippen molar-refractivity contribution >= 4 is 5.91 Å². The molecule has 82 valence electrons. The second-order valence-corrected chi connectivity index (χ2v) is 3.81. The van der Waals surface area contributed by atoms with Gasteiger partial charge in [0.1, 0.15) is 5.76 Å². The highest BCUT2D eigenvalue weighted by molar-refractivity contribution is 5.93. The summed E-state index contributed by atoms with van der Waals surface area (Å²) in [5.74, 6) is 0.556. The van der Waals surface area contributed by atoms with Gasteiger partial charge in [0.15, 0.2) is 12.1 Å². The van der Waals surface area contributed by atoms with Gasteiger partial charge in [-0.15, -0.1) is 0 Å². The van der Waals surface area contributed by atoms with Crippen LogP contribution in [0.25, 0.3) is 0 Å². The minimum absolute atomic E-state index is 0.0322. The van der Waals surface area contributed by atoms with Crippen LogP contribution in [0, 0.1) is 6.92 Å². The van der Waals surface area contributed by atoms with Gasteiger partial charge in [0.2, 0.25) is 0 Å². The zero-order chi connectivity index (χ0) is 10.8. The summed E-state index contributed by atoms with van der Waals surface area (Å²) in [5.41, 5.74) is 0.434. The lowest BCUT2D eigenvalue weighted by Gasteiger charge is -2.33. The van der Waals surface area contributed by atoms with Crippen LogP contribution >= 0.6 is 0 Å². The average Bonchev–Trinajstić information content (AvgIpc) is 2.64. The molecule has 1 fully saturated rings. The van der Waals surface area contributed by atoms with Gasteiger partial charge >= 0.3 is 0 Å². The molecule has 1 N–H and O–H groups in total. The van der Waals surface area contributed by atoms with Gasteiger partial charge in [-0.05, 0) is 13.8 Å². The first-order valence-electron chi connectivity index (χ1n) is 5.12. The van der Waals surface area contributed by atoms with Crippen LogP contribution in [-0.4, -0.2) is 41.5 Å². The zero-order valence-corrected chi connectivity index (χ0v) is 8.99. The topological polar surface area (TPSA) is 58.4 Å². The van der Waals surface area contributed by atoms with E-state index in [-0.39, 0.29) is 11.9 Å². The van der Waals surface area contributed by atoms with Crippen LogP contribution in [0.3, 0.4) is 0 Å². The zero-order valence-electron chi connectivity index (χ0n) is 8.99. The number of hydrogen-bond donors (Lipinski definition) is 1. The van der Waals surface area contributed by atoms with Crippen molar-refractivity contribution < 1.29 is 9.21 Å². The monoisotopic (exact) mass is 209 g/mol. The molecule has 2 heterocycles. The van der Waals surface area contributed by atoms with Crippen molar-refractivity contribution in [2.24, 2.45) is 0 Å².